The minimum atomic E-state index is -1.29. The van der Waals surface area contributed by atoms with Crippen LogP contribution in [0.15, 0.2) is 6.07 Å². The van der Waals surface area contributed by atoms with E-state index in [2.05, 4.69) is 0 Å². The monoisotopic (exact) mass is 162 g/mol. The normalized spacial score (nSPS) is 10.2. The summed E-state index contributed by atoms with van der Waals surface area (Å²) in [4.78, 5) is 0. The van der Waals surface area contributed by atoms with E-state index in [4.69, 9.17) is 5.11 Å². The van der Waals surface area contributed by atoms with Crippen LogP contribution < -0.4 is 0 Å². The zero-order chi connectivity index (χ0) is 8.59. The number of rotatable bonds is 0. The highest BCUT2D eigenvalue weighted by Crippen LogP contribution is 2.24. The third-order valence-corrected chi connectivity index (χ3v) is 1.37. The number of phenols is 1. The third kappa shape index (κ3) is 1.15. The second kappa shape index (κ2) is 2.45. The summed E-state index contributed by atoms with van der Waals surface area (Å²) < 4.78 is 37.1. The van der Waals surface area contributed by atoms with Crippen LogP contribution in [-0.2, 0) is 0 Å². The van der Waals surface area contributed by atoms with Gasteiger partial charge in [0.1, 0.15) is 0 Å². The van der Waals surface area contributed by atoms with E-state index in [1.807, 2.05) is 0 Å². The number of halogens is 3. The summed E-state index contributed by atoms with van der Waals surface area (Å²) in [6.07, 6.45) is 0. The molecule has 0 aromatic heterocycles. The van der Waals surface area contributed by atoms with Gasteiger partial charge in [0.2, 0.25) is 0 Å². The molecule has 0 saturated heterocycles. The molecule has 0 heterocycles. The summed E-state index contributed by atoms with van der Waals surface area (Å²) in [6, 6.07) is 0.303. The van der Waals surface area contributed by atoms with E-state index in [0.29, 0.717) is 6.07 Å². The average molecular weight is 162 g/mol. The minimum absolute atomic E-state index is 0.303. The van der Waals surface area contributed by atoms with Crippen molar-refractivity contribution in [3.05, 3.63) is 29.1 Å². The molecule has 0 unspecified atom stereocenters. The predicted octanol–water partition coefficient (Wildman–Crippen LogP) is 2.12. The van der Waals surface area contributed by atoms with Crippen molar-refractivity contribution in [2.75, 3.05) is 0 Å². The van der Waals surface area contributed by atoms with Crippen molar-refractivity contribution in [2.45, 2.75) is 6.92 Å². The van der Waals surface area contributed by atoms with Gasteiger partial charge in [-0.3, -0.25) is 0 Å². The Kier molecular flexibility index (Phi) is 1.76. The van der Waals surface area contributed by atoms with Crippen molar-refractivity contribution in [1.29, 1.82) is 0 Å². The fourth-order valence-corrected chi connectivity index (χ4v) is 0.705. The van der Waals surface area contributed by atoms with Crippen LogP contribution in [0.2, 0.25) is 0 Å². The Morgan fingerprint density at radius 2 is 1.73 bits per heavy atom. The molecule has 1 rings (SSSR count). The summed E-state index contributed by atoms with van der Waals surface area (Å²) in [6.45, 7) is 1.09. The van der Waals surface area contributed by atoms with Crippen LogP contribution in [0.25, 0.3) is 0 Å². The van der Waals surface area contributed by atoms with E-state index in [0.717, 1.165) is 6.92 Å². The molecule has 0 amide bonds. The van der Waals surface area contributed by atoms with Crippen LogP contribution in [0.3, 0.4) is 0 Å². The van der Waals surface area contributed by atoms with E-state index in [-0.39, 0.29) is 0 Å². The smallest absolute Gasteiger partial charge is 0.168 e. The Balaban J connectivity index is 3.46. The third-order valence-electron chi connectivity index (χ3n) is 1.37. The molecule has 4 heteroatoms. The fraction of sp³-hybridized carbons (Fsp3) is 0.143. The van der Waals surface area contributed by atoms with Crippen LogP contribution in [0.1, 0.15) is 5.56 Å². The van der Waals surface area contributed by atoms with Crippen molar-refractivity contribution >= 4 is 0 Å². The molecule has 0 atom stereocenters. The molecular weight excluding hydrogens is 157 g/mol. The van der Waals surface area contributed by atoms with E-state index < -0.39 is 28.8 Å². The molecule has 1 nitrogen and oxygen atoms in total. The van der Waals surface area contributed by atoms with Crippen LogP contribution in [-0.4, -0.2) is 5.11 Å². The molecule has 0 spiro atoms. The van der Waals surface area contributed by atoms with Crippen molar-refractivity contribution in [1.82, 2.24) is 0 Å². The summed E-state index contributed by atoms with van der Waals surface area (Å²) in [7, 11) is 0. The first kappa shape index (κ1) is 7.91. The molecule has 1 aromatic carbocycles. The van der Waals surface area contributed by atoms with Gasteiger partial charge in [-0.15, -0.1) is 0 Å². The molecule has 0 aliphatic rings. The Labute approximate surface area is 61.1 Å². The maximum atomic E-state index is 12.5. The van der Waals surface area contributed by atoms with Gasteiger partial charge in [-0.2, -0.15) is 0 Å². The maximum Gasteiger partial charge on any atom is 0.168 e. The Hall–Kier alpha value is -1.19. The standard InChI is InChI=1S/C7H5F3O/c1-3-6(10)4(8)2-5(9)7(3)11/h2,11H,1H3. The van der Waals surface area contributed by atoms with Gasteiger partial charge in [-0.1, -0.05) is 0 Å². The highest BCUT2D eigenvalue weighted by molar-refractivity contribution is 5.34. The van der Waals surface area contributed by atoms with E-state index in [1.54, 1.807) is 0 Å². The second-order valence-electron chi connectivity index (χ2n) is 2.13. The summed E-state index contributed by atoms with van der Waals surface area (Å²) in [5.74, 6) is -4.51. The van der Waals surface area contributed by atoms with Gasteiger partial charge in [-0.05, 0) is 6.92 Å². The quantitative estimate of drug-likeness (QED) is 0.579. The highest BCUT2D eigenvalue weighted by Gasteiger charge is 2.13. The molecule has 0 bridgehead atoms. The second-order valence-corrected chi connectivity index (χ2v) is 2.13. The first-order valence-electron chi connectivity index (χ1n) is 2.87. The van der Waals surface area contributed by atoms with Crippen molar-refractivity contribution in [3.63, 3.8) is 0 Å². The topological polar surface area (TPSA) is 20.2 Å². The number of benzene rings is 1. The van der Waals surface area contributed by atoms with Gasteiger partial charge in [0.15, 0.2) is 23.2 Å². The van der Waals surface area contributed by atoms with Gasteiger partial charge >= 0.3 is 0 Å². The zero-order valence-corrected chi connectivity index (χ0v) is 5.66. The maximum absolute atomic E-state index is 12.5. The largest absolute Gasteiger partial charge is 0.505 e. The first-order chi connectivity index (χ1) is 5.04. The van der Waals surface area contributed by atoms with E-state index in [1.165, 1.54) is 0 Å². The first-order valence-corrected chi connectivity index (χ1v) is 2.87. The lowest BCUT2D eigenvalue weighted by Gasteiger charge is -2.01. The number of hydrogen-bond acceptors (Lipinski definition) is 1. The van der Waals surface area contributed by atoms with E-state index >= 15 is 0 Å². The van der Waals surface area contributed by atoms with Gasteiger partial charge in [-0.25, -0.2) is 13.2 Å². The van der Waals surface area contributed by atoms with Crippen molar-refractivity contribution in [2.24, 2.45) is 0 Å². The van der Waals surface area contributed by atoms with Crippen LogP contribution in [0, 0.1) is 24.4 Å². The molecule has 0 fully saturated rings. The summed E-state index contributed by atoms with van der Waals surface area (Å²) in [5, 5.41) is 8.73. The highest BCUT2D eigenvalue weighted by atomic mass is 19.2. The SMILES string of the molecule is Cc1c(O)c(F)cc(F)c1F. The minimum Gasteiger partial charge on any atom is -0.505 e. The lowest BCUT2D eigenvalue weighted by atomic mass is 10.2. The van der Waals surface area contributed by atoms with E-state index in [9.17, 15) is 13.2 Å². The van der Waals surface area contributed by atoms with Gasteiger partial charge in [0.25, 0.3) is 0 Å². The lowest BCUT2D eigenvalue weighted by Crippen LogP contribution is -1.92. The lowest BCUT2D eigenvalue weighted by molar-refractivity contribution is 0.406. The molecule has 0 aliphatic carbocycles. The number of phenolic OH excluding ortho intramolecular Hbond substituents is 1. The van der Waals surface area contributed by atoms with Crippen LogP contribution >= 0.6 is 0 Å². The Morgan fingerprint density at radius 1 is 1.18 bits per heavy atom. The summed E-state index contributed by atoms with van der Waals surface area (Å²) >= 11 is 0. The van der Waals surface area contributed by atoms with Crippen molar-refractivity contribution < 1.29 is 18.3 Å². The Morgan fingerprint density at radius 3 is 2.27 bits per heavy atom. The fourth-order valence-electron chi connectivity index (χ4n) is 0.705. The molecule has 0 radical (unpaired) electrons. The van der Waals surface area contributed by atoms with Gasteiger partial charge in [0, 0.05) is 11.6 Å². The zero-order valence-electron chi connectivity index (χ0n) is 5.66. The average Bonchev–Trinajstić information content (AvgIpc) is 1.97. The van der Waals surface area contributed by atoms with Gasteiger partial charge in [0.05, 0.1) is 0 Å². The predicted molar refractivity (Wildman–Crippen MR) is 32.7 cm³/mol. The number of hydrogen-bond donors (Lipinski definition) is 1. The molecule has 0 aliphatic heterocycles. The van der Waals surface area contributed by atoms with Crippen LogP contribution in [0.5, 0.6) is 5.75 Å². The van der Waals surface area contributed by atoms with Crippen molar-refractivity contribution in [3.8, 4) is 5.75 Å². The van der Waals surface area contributed by atoms with Gasteiger partial charge < -0.3 is 5.11 Å². The molecule has 1 N–H and O–H groups in total. The molecule has 0 saturated carbocycles. The molecule has 1 aromatic rings. The molecular formula is C7H5F3O. The Bertz CT molecular complexity index is 270. The van der Waals surface area contributed by atoms with Crippen LogP contribution in [0.4, 0.5) is 13.2 Å². The molecule has 11 heavy (non-hydrogen) atoms. The molecule has 60 valence electrons. The number of aromatic hydroxyl groups is 1. The summed E-state index contributed by atoms with van der Waals surface area (Å²) in [5.41, 5.74) is -0.414.